The number of benzene rings is 1. The summed E-state index contributed by atoms with van der Waals surface area (Å²) in [6.45, 7) is 0.718. The van der Waals surface area contributed by atoms with E-state index in [2.05, 4.69) is 17.3 Å². The summed E-state index contributed by atoms with van der Waals surface area (Å²) in [5.41, 5.74) is 0.845. The minimum absolute atomic E-state index is 0.302. The Kier molecular flexibility index (Phi) is 3.70. The summed E-state index contributed by atoms with van der Waals surface area (Å²) in [5, 5.41) is 14.2. The van der Waals surface area contributed by atoms with E-state index in [4.69, 9.17) is 11.6 Å². The van der Waals surface area contributed by atoms with Gasteiger partial charge in [0.1, 0.15) is 5.75 Å². The number of hydrogen-bond donors (Lipinski definition) is 2. The largest absolute Gasteiger partial charge is 0.508 e. The molecule has 0 amide bonds. The van der Waals surface area contributed by atoms with Crippen molar-refractivity contribution >= 4 is 11.6 Å². The second-order valence-electron chi connectivity index (χ2n) is 5.92. The Morgan fingerprint density at radius 3 is 2.63 bits per heavy atom. The van der Waals surface area contributed by atoms with Crippen LogP contribution in [0.3, 0.4) is 0 Å². The number of halogens is 1. The summed E-state index contributed by atoms with van der Waals surface area (Å²) in [6.07, 6.45) is 5.04. The van der Waals surface area contributed by atoms with Crippen LogP contribution in [0.5, 0.6) is 5.75 Å². The molecule has 2 bridgehead atoms. The average molecular weight is 281 g/mol. The second kappa shape index (κ2) is 5.31. The summed E-state index contributed by atoms with van der Waals surface area (Å²) in [5.74, 6) is 0.302. The second-order valence-corrected chi connectivity index (χ2v) is 6.32. The molecule has 2 aliphatic rings. The fourth-order valence-electron chi connectivity index (χ4n) is 3.47. The zero-order valence-corrected chi connectivity index (χ0v) is 12.0. The van der Waals surface area contributed by atoms with Crippen LogP contribution in [0, 0.1) is 0 Å². The Hall–Kier alpha value is -0.770. The van der Waals surface area contributed by atoms with Gasteiger partial charge in [-0.15, -0.1) is 0 Å². The van der Waals surface area contributed by atoms with Gasteiger partial charge in [0.15, 0.2) is 0 Å². The third kappa shape index (κ3) is 2.73. The first kappa shape index (κ1) is 13.2. The van der Waals surface area contributed by atoms with Crippen molar-refractivity contribution in [1.82, 2.24) is 10.2 Å². The highest BCUT2D eigenvalue weighted by atomic mass is 35.5. The first-order chi connectivity index (χ1) is 9.13. The highest BCUT2D eigenvalue weighted by Crippen LogP contribution is 2.32. The molecule has 104 valence electrons. The van der Waals surface area contributed by atoms with Gasteiger partial charge in [-0.3, -0.25) is 4.90 Å². The van der Waals surface area contributed by atoms with Crippen molar-refractivity contribution in [2.45, 2.75) is 50.4 Å². The predicted octanol–water partition coefficient (Wildman–Crippen LogP) is 2.76. The maximum absolute atomic E-state index is 9.93. The molecule has 4 heteroatoms. The summed E-state index contributed by atoms with van der Waals surface area (Å²) in [4.78, 5) is 2.34. The zero-order chi connectivity index (χ0) is 13.4. The van der Waals surface area contributed by atoms with E-state index in [1.54, 1.807) is 12.1 Å². The maximum atomic E-state index is 9.93. The molecule has 0 aromatic heterocycles. The molecule has 0 saturated carbocycles. The van der Waals surface area contributed by atoms with E-state index in [1.807, 2.05) is 6.07 Å². The monoisotopic (exact) mass is 280 g/mol. The van der Waals surface area contributed by atoms with Crippen molar-refractivity contribution in [3.63, 3.8) is 0 Å². The van der Waals surface area contributed by atoms with E-state index in [0.717, 1.165) is 12.1 Å². The Morgan fingerprint density at radius 2 is 2.00 bits per heavy atom. The van der Waals surface area contributed by atoms with Crippen molar-refractivity contribution in [2.24, 2.45) is 0 Å². The summed E-state index contributed by atoms with van der Waals surface area (Å²) >= 11 is 6.18. The lowest BCUT2D eigenvalue weighted by atomic mass is 9.98. The normalized spacial score (nSPS) is 29.9. The average Bonchev–Trinajstić information content (AvgIpc) is 2.72. The molecule has 1 aromatic carbocycles. The minimum Gasteiger partial charge on any atom is -0.508 e. The Balaban J connectivity index is 1.69. The van der Waals surface area contributed by atoms with Crippen LogP contribution in [0.25, 0.3) is 0 Å². The minimum atomic E-state index is 0.302. The molecule has 19 heavy (non-hydrogen) atoms. The molecular weight excluding hydrogens is 260 g/mol. The van der Waals surface area contributed by atoms with Gasteiger partial charge in [0.25, 0.3) is 0 Å². The number of hydrogen-bond acceptors (Lipinski definition) is 3. The molecule has 0 spiro atoms. The summed E-state index contributed by atoms with van der Waals surface area (Å²) in [6, 6.07) is 7.30. The number of nitrogens with one attached hydrogen (secondary N) is 1. The molecule has 2 saturated heterocycles. The standard InChI is InChI=1S/C15H21ClN2O/c1-18(9-13-14(16)3-2-4-15(13)19)12-7-10-5-6-11(8-12)17-10/h2-4,10-12,17,19H,5-9H2,1H3. The van der Waals surface area contributed by atoms with Gasteiger partial charge < -0.3 is 10.4 Å². The summed E-state index contributed by atoms with van der Waals surface area (Å²) < 4.78 is 0. The molecule has 2 aliphatic heterocycles. The van der Waals surface area contributed by atoms with Gasteiger partial charge in [-0.2, -0.15) is 0 Å². The van der Waals surface area contributed by atoms with Gasteiger partial charge in [0, 0.05) is 35.3 Å². The van der Waals surface area contributed by atoms with Crippen LogP contribution >= 0.6 is 11.6 Å². The van der Waals surface area contributed by atoms with E-state index in [9.17, 15) is 5.11 Å². The Bertz CT molecular complexity index is 433. The predicted molar refractivity (Wildman–Crippen MR) is 77.6 cm³/mol. The lowest BCUT2D eigenvalue weighted by Crippen LogP contribution is -2.46. The molecule has 2 atom stereocenters. The molecular formula is C15H21ClN2O. The Labute approximate surface area is 119 Å². The maximum Gasteiger partial charge on any atom is 0.121 e. The quantitative estimate of drug-likeness (QED) is 0.894. The van der Waals surface area contributed by atoms with Gasteiger partial charge in [-0.1, -0.05) is 17.7 Å². The highest BCUT2D eigenvalue weighted by molar-refractivity contribution is 6.31. The van der Waals surface area contributed by atoms with Crippen molar-refractivity contribution < 1.29 is 5.11 Å². The lowest BCUT2D eigenvalue weighted by Gasteiger charge is -2.35. The molecule has 0 aliphatic carbocycles. The fourth-order valence-corrected chi connectivity index (χ4v) is 3.70. The van der Waals surface area contributed by atoms with Crippen molar-refractivity contribution in [2.75, 3.05) is 7.05 Å². The first-order valence-corrected chi connectivity index (χ1v) is 7.44. The van der Waals surface area contributed by atoms with E-state index >= 15 is 0 Å². The number of phenolic OH excluding ortho intramolecular Hbond substituents is 1. The molecule has 2 unspecified atom stereocenters. The number of phenols is 1. The van der Waals surface area contributed by atoms with E-state index in [0.29, 0.717) is 28.9 Å². The van der Waals surface area contributed by atoms with Crippen LogP contribution in [0.2, 0.25) is 5.02 Å². The molecule has 2 N–H and O–H groups in total. The van der Waals surface area contributed by atoms with Crippen LogP contribution in [-0.2, 0) is 6.54 Å². The number of piperidine rings is 1. The number of aromatic hydroxyl groups is 1. The topological polar surface area (TPSA) is 35.5 Å². The van der Waals surface area contributed by atoms with Crippen molar-refractivity contribution in [3.8, 4) is 5.75 Å². The van der Waals surface area contributed by atoms with Crippen molar-refractivity contribution in [3.05, 3.63) is 28.8 Å². The first-order valence-electron chi connectivity index (χ1n) is 7.06. The van der Waals surface area contributed by atoms with Gasteiger partial charge >= 0.3 is 0 Å². The molecule has 1 aromatic rings. The van der Waals surface area contributed by atoms with Crippen LogP contribution in [0.1, 0.15) is 31.2 Å². The third-order valence-corrected chi connectivity index (χ3v) is 4.93. The number of nitrogens with zero attached hydrogens (tertiary/aromatic N) is 1. The van der Waals surface area contributed by atoms with Gasteiger partial charge in [0.2, 0.25) is 0 Å². The van der Waals surface area contributed by atoms with Crippen molar-refractivity contribution in [1.29, 1.82) is 0 Å². The van der Waals surface area contributed by atoms with Gasteiger partial charge in [-0.05, 0) is 44.9 Å². The fraction of sp³-hybridized carbons (Fsp3) is 0.600. The molecule has 2 fully saturated rings. The van der Waals surface area contributed by atoms with Gasteiger partial charge in [-0.25, -0.2) is 0 Å². The Morgan fingerprint density at radius 1 is 1.32 bits per heavy atom. The van der Waals surface area contributed by atoms with Crippen LogP contribution in [0.15, 0.2) is 18.2 Å². The van der Waals surface area contributed by atoms with E-state index in [1.165, 1.54) is 25.7 Å². The zero-order valence-electron chi connectivity index (χ0n) is 11.3. The van der Waals surface area contributed by atoms with E-state index < -0.39 is 0 Å². The van der Waals surface area contributed by atoms with Crippen LogP contribution in [0.4, 0.5) is 0 Å². The molecule has 3 rings (SSSR count). The molecule has 3 nitrogen and oxygen atoms in total. The molecule has 0 radical (unpaired) electrons. The third-order valence-electron chi connectivity index (χ3n) is 4.57. The SMILES string of the molecule is CN(Cc1c(O)cccc1Cl)C1CC2CCC(C1)N2. The number of rotatable bonds is 3. The smallest absolute Gasteiger partial charge is 0.121 e. The number of fused-ring (bicyclic) bond motifs is 2. The molecule has 2 heterocycles. The van der Waals surface area contributed by atoms with E-state index in [-0.39, 0.29) is 0 Å². The highest BCUT2D eigenvalue weighted by Gasteiger charge is 2.35. The lowest BCUT2D eigenvalue weighted by molar-refractivity contribution is 0.164. The van der Waals surface area contributed by atoms with Crippen LogP contribution in [-0.4, -0.2) is 35.2 Å². The summed E-state index contributed by atoms with van der Waals surface area (Å²) in [7, 11) is 2.14. The van der Waals surface area contributed by atoms with Gasteiger partial charge in [0.05, 0.1) is 0 Å². The van der Waals surface area contributed by atoms with Crippen LogP contribution < -0.4 is 5.32 Å².